The lowest BCUT2D eigenvalue weighted by molar-refractivity contribution is 0.0746. The third kappa shape index (κ3) is 4.01. The number of hydrogen-bond acceptors (Lipinski definition) is 3. The molecule has 4 nitrogen and oxygen atoms in total. The maximum Gasteiger partial charge on any atom is 0.254 e. The second kappa shape index (κ2) is 8.17. The first-order chi connectivity index (χ1) is 13.7. The molecular weight excluding hydrogens is 348 g/mol. The van der Waals surface area contributed by atoms with E-state index in [-0.39, 0.29) is 11.7 Å². The van der Waals surface area contributed by atoms with Crippen LogP contribution >= 0.6 is 0 Å². The summed E-state index contributed by atoms with van der Waals surface area (Å²) in [6, 6.07) is 25.4. The Hall–Kier alpha value is -3.27. The Balaban J connectivity index is 1.46. The summed E-state index contributed by atoms with van der Waals surface area (Å²) >= 11 is 0. The molecule has 1 heterocycles. The zero-order chi connectivity index (χ0) is 19.3. The van der Waals surface area contributed by atoms with E-state index in [2.05, 4.69) is 17.0 Å². The van der Waals surface area contributed by atoms with Crippen molar-refractivity contribution in [2.24, 2.45) is 0 Å². The molecule has 0 spiro atoms. The molecule has 3 aromatic rings. The maximum atomic E-state index is 13.2. The fourth-order valence-electron chi connectivity index (χ4n) is 3.73. The van der Waals surface area contributed by atoms with E-state index in [4.69, 9.17) is 0 Å². The van der Waals surface area contributed by atoms with Gasteiger partial charge in [0.1, 0.15) is 5.75 Å². The van der Waals surface area contributed by atoms with Crippen molar-refractivity contribution >= 4 is 11.6 Å². The van der Waals surface area contributed by atoms with Gasteiger partial charge >= 0.3 is 0 Å². The smallest absolute Gasteiger partial charge is 0.254 e. The highest BCUT2D eigenvalue weighted by Gasteiger charge is 2.24. The minimum Gasteiger partial charge on any atom is -0.508 e. The fraction of sp³-hybridized carbons (Fsp3) is 0.208. The van der Waals surface area contributed by atoms with Crippen molar-refractivity contribution < 1.29 is 9.90 Å². The molecule has 28 heavy (non-hydrogen) atoms. The molecule has 1 saturated heterocycles. The van der Waals surface area contributed by atoms with E-state index >= 15 is 0 Å². The highest BCUT2D eigenvalue weighted by Crippen LogP contribution is 2.22. The minimum atomic E-state index is 0.0992. The third-order valence-corrected chi connectivity index (χ3v) is 5.25. The zero-order valence-corrected chi connectivity index (χ0v) is 15.8. The molecule has 1 N–H and O–H groups in total. The topological polar surface area (TPSA) is 43.8 Å². The van der Waals surface area contributed by atoms with E-state index in [9.17, 15) is 9.90 Å². The van der Waals surface area contributed by atoms with Crippen LogP contribution in [0.5, 0.6) is 5.75 Å². The Morgan fingerprint density at radius 2 is 1.54 bits per heavy atom. The van der Waals surface area contributed by atoms with Crippen LogP contribution in [0.15, 0.2) is 78.9 Å². The quantitative estimate of drug-likeness (QED) is 0.754. The van der Waals surface area contributed by atoms with Crippen LogP contribution in [-0.2, 0) is 6.42 Å². The molecule has 0 saturated carbocycles. The number of piperazine rings is 1. The number of hydrogen-bond donors (Lipinski definition) is 1. The monoisotopic (exact) mass is 372 g/mol. The van der Waals surface area contributed by atoms with E-state index in [1.165, 1.54) is 5.56 Å². The van der Waals surface area contributed by atoms with Gasteiger partial charge in [0.25, 0.3) is 5.91 Å². The Kier molecular flexibility index (Phi) is 5.29. The molecule has 4 heteroatoms. The molecule has 3 aromatic carbocycles. The summed E-state index contributed by atoms with van der Waals surface area (Å²) in [5.41, 5.74) is 4.05. The van der Waals surface area contributed by atoms with Gasteiger partial charge in [0, 0.05) is 43.5 Å². The Morgan fingerprint density at radius 3 is 2.29 bits per heavy atom. The molecule has 0 unspecified atom stereocenters. The third-order valence-electron chi connectivity index (χ3n) is 5.25. The summed E-state index contributed by atoms with van der Waals surface area (Å²) in [6.45, 7) is 2.87. The SMILES string of the molecule is O=C(c1ccccc1Cc1ccccc1)N1CCN(c2cccc(O)c2)CC1. The van der Waals surface area contributed by atoms with E-state index in [1.54, 1.807) is 12.1 Å². The van der Waals surface area contributed by atoms with Crippen molar-refractivity contribution in [1.82, 2.24) is 4.90 Å². The number of phenols is 1. The molecule has 1 amide bonds. The van der Waals surface area contributed by atoms with Crippen LogP contribution in [-0.4, -0.2) is 42.1 Å². The lowest BCUT2D eigenvalue weighted by atomic mass is 9.99. The van der Waals surface area contributed by atoms with Gasteiger partial charge in [0.05, 0.1) is 0 Å². The zero-order valence-electron chi connectivity index (χ0n) is 15.8. The first-order valence-corrected chi connectivity index (χ1v) is 9.66. The molecule has 0 aromatic heterocycles. The van der Waals surface area contributed by atoms with Crippen molar-refractivity contribution in [3.63, 3.8) is 0 Å². The molecule has 142 valence electrons. The Labute approximate surface area is 165 Å². The number of phenolic OH excluding ortho intramolecular Hbond substituents is 1. The predicted molar refractivity (Wildman–Crippen MR) is 112 cm³/mol. The number of amides is 1. The normalized spacial score (nSPS) is 14.1. The lowest BCUT2D eigenvalue weighted by Crippen LogP contribution is -2.49. The van der Waals surface area contributed by atoms with Gasteiger partial charge < -0.3 is 14.9 Å². The van der Waals surface area contributed by atoms with Crippen LogP contribution in [0.3, 0.4) is 0 Å². The number of benzene rings is 3. The van der Waals surface area contributed by atoms with Crippen LogP contribution in [0.25, 0.3) is 0 Å². The van der Waals surface area contributed by atoms with Crippen LogP contribution in [0.1, 0.15) is 21.5 Å². The molecule has 0 bridgehead atoms. The number of aromatic hydroxyl groups is 1. The van der Waals surface area contributed by atoms with Gasteiger partial charge in [-0.05, 0) is 35.7 Å². The fourth-order valence-corrected chi connectivity index (χ4v) is 3.73. The maximum absolute atomic E-state index is 13.2. The Bertz CT molecular complexity index is 948. The number of carbonyl (C=O) groups is 1. The van der Waals surface area contributed by atoms with Gasteiger partial charge in [0.2, 0.25) is 0 Å². The average molecular weight is 372 g/mol. The molecule has 1 aliphatic rings. The molecule has 0 atom stereocenters. The average Bonchev–Trinajstić information content (AvgIpc) is 2.74. The molecular formula is C24H24N2O2. The van der Waals surface area contributed by atoms with Crippen LogP contribution in [0.2, 0.25) is 0 Å². The van der Waals surface area contributed by atoms with E-state index in [0.717, 1.165) is 36.3 Å². The molecule has 1 aliphatic heterocycles. The van der Waals surface area contributed by atoms with Gasteiger partial charge in [-0.3, -0.25) is 4.79 Å². The number of anilines is 1. The van der Waals surface area contributed by atoms with Crippen molar-refractivity contribution in [2.45, 2.75) is 6.42 Å². The summed E-state index contributed by atoms with van der Waals surface area (Å²) in [4.78, 5) is 17.3. The first-order valence-electron chi connectivity index (χ1n) is 9.66. The van der Waals surface area contributed by atoms with E-state index in [0.29, 0.717) is 13.1 Å². The number of carbonyl (C=O) groups excluding carboxylic acids is 1. The highest BCUT2D eigenvalue weighted by molar-refractivity contribution is 5.96. The van der Waals surface area contributed by atoms with Gasteiger partial charge in [-0.15, -0.1) is 0 Å². The number of nitrogens with zero attached hydrogens (tertiary/aromatic N) is 2. The standard InChI is InChI=1S/C24H24N2O2/c27-22-11-6-10-21(18-22)25-13-15-26(16-14-25)24(28)23-12-5-4-9-20(23)17-19-7-2-1-3-8-19/h1-12,18,27H,13-17H2. The summed E-state index contributed by atoms with van der Waals surface area (Å²) in [7, 11) is 0. The van der Waals surface area contributed by atoms with Crippen molar-refractivity contribution in [3.05, 3.63) is 95.6 Å². The van der Waals surface area contributed by atoms with Crippen molar-refractivity contribution in [3.8, 4) is 5.75 Å². The molecule has 1 fully saturated rings. The summed E-state index contributed by atoms with van der Waals surface area (Å²) in [5.74, 6) is 0.368. The van der Waals surface area contributed by atoms with Crippen molar-refractivity contribution in [2.75, 3.05) is 31.1 Å². The van der Waals surface area contributed by atoms with E-state index in [1.807, 2.05) is 59.5 Å². The minimum absolute atomic E-state index is 0.0992. The Morgan fingerprint density at radius 1 is 0.821 bits per heavy atom. The molecule has 0 aliphatic carbocycles. The molecule has 0 radical (unpaired) electrons. The predicted octanol–water partition coefficient (Wildman–Crippen LogP) is 3.95. The van der Waals surface area contributed by atoms with Gasteiger partial charge in [-0.25, -0.2) is 0 Å². The molecule has 4 rings (SSSR count). The summed E-state index contributed by atoms with van der Waals surface area (Å²) < 4.78 is 0. The van der Waals surface area contributed by atoms with Crippen LogP contribution in [0, 0.1) is 0 Å². The van der Waals surface area contributed by atoms with Gasteiger partial charge in [-0.1, -0.05) is 54.6 Å². The lowest BCUT2D eigenvalue weighted by Gasteiger charge is -2.36. The summed E-state index contributed by atoms with van der Waals surface area (Å²) in [6.07, 6.45) is 0.756. The van der Waals surface area contributed by atoms with Gasteiger partial charge in [0.15, 0.2) is 0 Å². The van der Waals surface area contributed by atoms with Gasteiger partial charge in [-0.2, -0.15) is 0 Å². The highest BCUT2D eigenvalue weighted by atomic mass is 16.3. The second-order valence-corrected chi connectivity index (χ2v) is 7.12. The largest absolute Gasteiger partial charge is 0.508 e. The van der Waals surface area contributed by atoms with Crippen LogP contribution < -0.4 is 4.90 Å². The number of rotatable bonds is 4. The second-order valence-electron chi connectivity index (χ2n) is 7.12. The van der Waals surface area contributed by atoms with Crippen molar-refractivity contribution in [1.29, 1.82) is 0 Å². The summed E-state index contributed by atoms with van der Waals surface area (Å²) in [5, 5.41) is 9.69. The van der Waals surface area contributed by atoms with E-state index < -0.39 is 0 Å². The first kappa shape index (κ1) is 18.1. The van der Waals surface area contributed by atoms with Crippen LogP contribution in [0.4, 0.5) is 5.69 Å².